The summed E-state index contributed by atoms with van der Waals surface area (Å²) in [6, 6.07) is 29.4. The molecule has 0 spiro atoms. The lowest BCUT2D eigenvalue weighted by Crippen LogP contribution is -2.21. The molecule has 1 amide bonds. The van der Waals surface area contributed by atoms with Gasteiger partial charge in [0, 0.05) is 5.56 Å². The van der Waals surface area contributed by atoms with Gasteiger partial charge in [-0.05, 0) is 55.0 Å². The van der Waals surface area contributed by atoms with Gasteiger partial charge in [0.2, 0.25) is 5.75 Å². The number of carbonyl (C=O) groups excluding carboxylic acids is 1. The van der Waals surface area contributed by atoms with E-state index in [9.17, 15) is 13.2 Å². The molecule has 196 valence electrons. The second-order valence-electron chi connectivity index (χ2n) is 8.44. The van der Waals surface area contributed by atoms with Crippen molar-refractivity contribution in [2.24, 2.45) is 5.10 Å². The summed E-state index contributed by atoms with van der Waals surface area (Å²) in [6.07, 6.45) is 1.65. The highest BCUT2D eigenvalue weighted by Crippen LogP contribution is 2.39. The van der Waals surface area contributed by atoms with Crippen LogP contribution < -0.4 is 13.9 Å². The summed E-state index contributed by atoms with van der Waals surface area (Å²) in [5, 5.41) is 5.99. The zero-order valence-electron chi connectivity index (χ0n) is 20.8. The molecule has 1 aliphatic rings. The molecule has 1 heterocycles. The van der Waals surface area contributed by atoms with Crippen LogP contribution >= 0.6 is 11.6 Å². The van der Waals surface area contributed by atoms with Crippen molar-refractivity contribution in [2.45, 2.75) is 11.8 Å². The third kappa shape index (κ3) is 5.57. The Morgan fingerprint density at radius 1 is 0.897 bits per heavy atom. The van der Waals surface area contributed by atoms with Crippen LogP contribution in [0.3, 0.4) is 0 Å². The van der Waals surface area contributed by atoms with Crippen molar-refractivity contribution in [2.75, 3.05) is 11.6 Å². The molecule has 0 unspecified atom stereocenters. The van der Waals surface area contributed by atoms with E-state index in [0.717, 1.165) is 5.56 Å². The van der Waals surface area contributed by atoms with E-state index >= 15 is 0 Å². The molecule has 0 N–H and O–H groups in total. The first-order valence-electron chi connectivity index (χ1n) is 12.1. The number of hydrazone groups is 1. The van der Waals surface area contributed by atoms with Crippen LogP contribution in [0, 0.1) is 0 Å². The van der Waals surface area contributed by atoms with E-state index in [1.54, 1.807) is 49.4 Å². The van der Waals surface area contributed by atoms with Gasteiger partial charge in [-0.3, -0.25) is 4.79 Å². The van der Waals surface area contributed by atoms with Crippen molar-refractivity contribution in [3.63, 3.8) is 0 Å². The molecule has 4 aromatic rings. The number of para-hydroxylation sites is 1. The Kier molecular flexibility index (Phi) is 7.49. The predicted molar refractivity (Wildman–Crippen MR) is 152 cm³/mol. The number of rotatable bonds is 8. The lowest BCUT2D eigenvalue weighted by Gasteiger charge is -2.15. The van der Waals surface area contributed by atoms with Gasteiger partial charge in [-0.2, -0.15) is 18.5 Å². The maximum Gasteiger partial charge on any atom is 0.339 e. The summed E-state index contributed by atoms with van der Waals surface area (Å²) in [6.45, 7) is 1.99. The van der Waals surface area contributed by atoms with Crippen molar-refractivity contribution in [1.82, 2.24) is 0 Å². The fraction of sp³-hybridized carbons (Fsp3) is 0.0667. The van der Waals surface area contributed by atoms with Gasteiger partial charge in [0.1, 0.15) is 10.6 Å². The minimum absolute atomic E-state index is 0.0101. The molecule has 9 heteroatoms. The van der Waals surface area contributed by atoms with E-state index in [1.807, 2.05) is 48.5 Å². The second kappa shape index (κ2) is 11.1. The molecule has 0 aliphatic carbocycles. The van der Waals surface area contributed by atoms with Crippen molar-refractivity contribution < 1.29 is 22.1 Å². The molecule has 0 aromatic heterocycles. The molecule has 0 atom stereocenters. The molecule has 0 bridgehead atoms. The number of halogens is 1. The normalized spacial score (nSPS) is 14.4. The Bertz CT molecular complexity index is 1670. The SMILES string of the molecule is CCOc1cc(/C=C2\C(=O)N(c3ccccc3)N=C2c2ccccc2)cc(Cl)c1OS(=O)(=O)c1ccccc1. The number of carbonyl (C=O) groups is 1. The molecular formula is C30H23ClN2O5S. The average Bonchev–Trinajstić information content (AvgIpc) is 3.28. The second-order valence-corrected chi connectivity index (χ2v) is 10.4. The number of ether oxygens (including phenoxy) is 1. The predicted octanol–water partition coefficient (Wildman–Crippen LogP) is 6.34. The van der Waals surface area contributed by atoms with Crippen molar-refractivity contribution in [1.29, 1.82) is 0 Å². The van der Waals surface area contributed by atoms with Crippen LogP contribution in [0.4, 0.5) is 5.69 Å². The first-order valence-corrected chi connectivity index (χ1v) is 13.9. The fourth-order valence-corrected chi connectivity index (χ4v) is 5.31. The van der Waals surface area contributed by atoms with Gasteiger partial charge < -0.3 is 8.92 Å². The Balaban J connectivity index is 1.57. The van der Waals surface area contributed by atoms with Crippen LogP contribution in [0.1, 0.15) is 18.1 Å². The summed E-state index contributed by atoms with van der Waals surface area (Å²) in [5.41, 5.74) is 2.73. The minimum atomic E-state index is -4.16. The zero-order valence-corrected chi connectivity index (χ0v) is 22.4. The molecule has 0 saturated heterocycles. The Labute approximate surface area is 231 Å². The summed E-state index contributed by atoms with van der Waals surface area (Å²) < 4.78 is 36.9. The Morgan fingerprint density at radius 3 is 2.15 bits per heavy atom. The monoisotopic (exact) mass is 558 g/mol. The molecule has 1 aliphatic heterocycles. The van der Waals surface area contributed by atoms with E-state index in [-0.39, 0.29) is 33.9 Å². The number of hydrogen-bond acceptors (Lipinski definition) is 6. The van der Waals surface area contributed by atoms with E-state index in [4.69, 9.17) is 20.5 Å². The lowest BCUT2D eigenvalue weighted by molar-refractivity contribution is -0.114. The summed E-state index contributed by atoms with van der Waals surface area (Å²) >= 11 is 6.54. The third-order valence-corrected chi connectivity index (χ3v) is 7.31. The van der Waals surface area contributed by atoms with Crippen LogP contribution in [-0.4, -0.2) is 26.6 Å². The standard InChI is InChI=1S/C30H23ClN2O5S/c1-2-37-27-20-21(19-26(31)29(27)38-39(35,36)24-16-10-5-11-17-24)18-25-28(22-12-6-3-7-13-22)32-33(30(25)34)23-14-8-4-9-15-23/h3-20H,2H2,1H3/b25-18-. The maximum atomic E-state index is 13.6. The first-order chi connectivity index (χ1) is 18.9. The smallest absolute Gasteiger partial charge is 0.339 e. The summed E-state index contributed by atoms with van der Waals surface area (Å²) in [7, 11) is -4.16. The van der Waals surface area contributed by atoms with Gasteiger partial charge in [-0.25, -0.2) is 0 Å². The number of nitrogens with zero attached hydrogens (tertiary/aromatic N) is 2. The summed E-state index contributed by atoms with van der Waals surface area (Å²) in [4.78, 5) is 13.6. The molecular weight excluding hydrogens is 536 g/mol. The molecule has 39 heavy (non-hydrogen) atoms. The maximum absolute atomic E-state index is 13.6. The fourth-order valence-electron chi connectivity index (χ4n) is 4.02. The third-order valence-electron chi connectivity index (χ3n) is 5.79. The molecule has 7 nitrogen and oxygen atoms in total. The zero-order chi connectivity index (χ0) is 27.4. The number of amides is 1. The quantitative estimate of drug-likeness (QED) is 0.186. The van der Waals surface area contributed by atoms with Gasteiger partial charge in [0.05, 0.1) is 22.9 Å². The molecule has 0 radical (unpaired) electrons. The minimum Gasteiger partial charge on any atom is -0.490 e. The largest absolute Gasteiger partial charge is 0.490 e. The highest BCUT2D eigenvalue weighted by atomic mass is 35.5. The first kappa shape index (κ1) is 26.2. The highest BCUT2D eigenvalue weighted by molar-refractivity contribution is 7.87. The molecule has 4 aromatic carbocycles. The Morgan fingerprint density at radius 2 is 1.51 bits per heavy atom. The van der Waals surface area contributed by atoms with Gasteiger partial charge in [-0.1, -0.05) is 78.3 Å². The van der Waals surface area contributed by atoms with E-state index < -0.39 is 10.1 Å². The van der Waals surface area contributed by atoms with Crippen molar-refractivity contribution >= 4 is 45.1 Å². The van der Waals surface area contributed by atoms with Gasteiger partial charge in [0.25, 0.3) is 5.91 Å². The Hall–Kier alpha value is -4.40. The topological polar surface area (TPSA) is 85.3 Å². The van der Waals surface area contributed by atoms with Crippen LogP contribution in [0.15, 0.2) is 119 Å². The van der Waals surface area contributed by atoms with E-state index in [1.165, 1.54) is 23.2 Å². The van der Waals surface area contributed by atoms with Crippen molar-refractivity contribution in [3.05, 3.63) is 125 Å². The number of hydrogen-bond donors (Lipinski definition) is 0. The lowest BCUT2D eigenvalue weighted by atomic mass is 10.00. The van der Waals surface area contributed by atoms with Crippen LogP contribution in [0.5, 0.6) is 11.5 Å². The van der Waals surface area contributed by atoms with Crippen LogP contribution in [0.2, 0.25) is 5.02 Å². The van der Waals surface area contributed by atoms with E-state index in [0.29, 0.717) is 22.5 Å². The number of anilines is 1. The molecule has 0 fully saturated rings. The number of benzene rings is 4. The van der Waals surface area contributed by atoms with E-state index in [2.05, 4.69) is 5.10 Å². The molecule has 5 rings (SSSR count). The van der Waals surface area contributed by atoms with Crippen LogP contribution in [0.25, 0.3) is 6.08 Å². The average molecular weight is 559 g/mol. The highest BCUT2D eigenvalue weighted by Gasteiger charge is 2.32. The van der Waals surface area contributed by atoms with Gasteiger partial charge in [0.15, 0.2) is 5.75 Å². The van der Waals surface area contributed by atoms with Gasteiger partial charge >= 0.3 is 10.1 Å². The molecule has 0 saturated carbocycles. The van der Waals surface area contributed by atoms with Crippen LogP contribution in [-0.2, 0) is 14.9 Å². The van der Waals surface area contributed by atoms with Crippen molar-refractivity contribution in [3.8, 4) is 11.5 Å². The summed E-state index contributed by atoms with van der Waals surface area (Å²) in [5.74, 6) is -0.328. The van der Waals surface area contributed by atoms with Gasteiger partial charge in [-0.15, -0.1) is 0 Å².